The molecule has 29 heavy (non-hydrogen) atoms. The van der Waals surface area contributed by atoms with Gasteiger partial charge in [-0.05, 0) is 12.1 Å². The standard InChI is InChI=1S/C18H15N5O5S/c24-17(12-2-1-3-13(10-12)22(25)26)20-6-8-21(9-7-20)18-19-15-5-4-14(23(27)28)11-16(15)29-18/h1-5,10-11H,6-9H2. The molecule has 2 aromatic carbocycles. The molecule has 1 aliphatic heterocycles. The second-order valence-corrected chi connectivity index (χ2v) is 7.50. The third-order valence-electron chi connectivity index (χ3n) is 4.71. The molecule has 0 atom stereocenters. The molecule has 2 heterocycles. The van der Waals surface area contributed by atoms with E-state index in [0.29, 0.717) is 37.3 Å². The van der Waals surface area contributed by atoms with Crippen molar-refractivity contribution in [1.82, 2.24) is 9.88 Å². The summed E-state index contributed by atoms with van der Waals surface area (Å²) in [5.41, 5.74) is 0.906. The molecule has 0 bridgehead atoms. The highest BCUT2D eigenvalue weighted by atomic mass is 32.1. The first-order valence-corrected chi connectivity index (χ1v) is 9.58. The average molecular weight is 413 g/mol. The molecule has 0 spiro atoms. The molecular weight excluding hydrogens is 398 g/mol. The number of non-ortho nitro benzene ring substituents is 2. The zero-order valence-electron chi connectivity index (χ0n) is 15.1. The Morgan fingerprint density at radius 2 is 1.66 bits per heavy atom. The molecule has 0 unspecified atom stereocenters. The van der Waals surface area contributed by atoms with E-state index in [1.54, 1.807) is 17.0 Å². The molecule has 1 aromatic heterocycles. The summed E-state index contributed by atoms with van der Waals surface area (Å²) in [4.78, 5) is 41.8. The number of benzene rings is 2. The Hall–Kier alpha value is -3.60. The fraction of sp³-hybridized carbons (Fsp3) is 0.222. The highest BCUT2D eigenvalue weighted by Gasteiger charge is 2.25. The van der Waals surface area contributed by atoms with Crippen molar-refractivity contribution in [3.05, 3.63) is 68.3 Å². The zero-order valence-corrected chi connectivity index (χ0v) is 15.9. The van der Waals surface area contributed by atoms with Gasteiger partial charge in [0.05, 0.1) is 20.1 Å². The summed E-state index contributed by atoms with van der Waals surface area (Å²) in [6.45, 7) is 2.03. The van der Waals surface area contributed by atoms with Crippen LogP contribution in [-0.4, -0.2) is 51.8 Å². The van der Waals surface area contributed by atoms with Crippen LogP contribution in [0.1, 0.15) is 10.4 Å². The Kier molecular flexibility index (Phi) is 4.80. The molecule has 148 valence electrons. The van der Waals surface area contributed by atoms with Gasteiger partial charge in [0.15, 0.2) is 5.13 Å². The van der Waals surface area contributed by atoms with Gasteiger partial charge in [-0.1, -0.05) is 17.4 Å². The van der Waals surface area contributed by atoms with Crippen molar-refractivity contribution in [1.29, 1.82) is 0 Å². The number of carbonyl (C=O) groups is 1. The molecule has 0 aliphatic carbocycles. The lowest BCUT2D eigenvalue weighted by Gasteiger charge is -2.34. The number of fused-ring (bicyclic) bond motifs is 1. The number of nitro benzene ring substituents is 2. The fourth-order valence-corrected chi connectivity index (χ4v) is 4.24. The van der Waals surface area contributed by atoms with Crippen LogP contribution in [0.15, 0.2) is 42.5 Å². The number of aromatic nitrogens is 1. The predicted octanol–water partition coefficient (Wildman–Crippen LogP) is 3.08. The van der Waals surface area contributed by atoms with Crippen LogP contribution in [0.2, 0.25) is 0 Å². The van der Waals surface area contributed by atoms with Gasteiger partial charge in [0.25, 0.3) is 17.3 Å². The Bertz CT molecular complexity index is 1120. The van der Waals surface area contributed by atoms with Crippen molar-refractivity contribution in [3.8, 4) is 0 Å². The highest BCUT2D eigenvalue weighted by Crippen LogP contribution is 2.32. The van der Waals surface area contributed by atoms with Gasteiger partial charge in [0, 0.05) is 56.0 Å². The second kappa shape index (κ2) is 7.43. The van der Waals surface area contributed by atoms with Crippen molar-refractivity contribution in [2.45, 2.75) is 0 Å². The summed E-state index contributed by atoms with van der Waals surface area (Å²) in [5, 5.41) is 22.6. The van der Waals surface area contributed by atoms with Crippen LogP contribution < -0.4 is 4.90 Å². The van der Waals surface area contributed by atoms with E-state index in [4.69, 9.17) is 0 Å². The van der Waals surface area contributed by atoms with E-state index in [9.17, 15) is 25.0 Å². The van der Waals surface area contributed by atoms with Crippen molar-refractivity contribution >= 4 is 44.0 Å². The number of nitro groups is 2. The van der Waals surface area contributed by atoms with Crippen LogP contribution >= 0.6 is 11.3 Å². The summed E-state index contributed by atoms with van der Waals surface area (Å²) < 4.78 is 0.740. The quantitative estimate of drug-likeness (QED) is 0.476. The normalized spacial score (nSPS) is 14.2. The Morgan fingerprint density at radius 3 is 2.34 bits per heavy atom. The molecule has 0 saturated carbocycles. The van der Waals surface area contributed by atoms with Gasteiger partial charge < -0.3 is 9.80 Å². The average Bonchev–Trinajstić information content (AvgIpc) is 3.16. The summed E-state index contributed by atoms with van der Waals surface area (Å²) >= 11 is 1.38. The van der Waals surface area contributed by atoms with Crippen LogP contribution in [-0.2, 0) is 0 Å². The van der Waals surface area contributed by atoms with Crippen LogP contribution in [0, 0.1) is 20.2 Å². The van der Waals surface area contributed by atoms with Crippen molar-refractivity contribution in [3.63, 3.8) is 0 Å². The smallest absolute Gasteiger partial charge is 0.270 e. The number of hydrogen-bond donors (Lipinski definition) is 0. The molecule has 0 N–H and O–H groups in total. The van der Waals surface area contributed by atoms with Crippen molar-refractivity contribution in [2.24, 2.45) is 0 Å². The maximum Gasteiger partial charge on any atom is 0.270 e. The minimum Gasteiger partial charge on any atom is -0.345 e. The molecule has 4 rings (SSSR count). The molecule has 1 aliphatic rings. The first-order chi connectivity index (χ1) is 13.9. The van der Waals surface area contributed by atoms with Gasteiger partial charge in [-0.2, -0.15) is 0 Å². The van der Waals surface area contributed by atoms with Gasteiger partial charge in [0.1, 0.15) is 0 Å². The van der Waals surface area contributed by atoms with E-state index < -0.39 is 9.85 Å². The van der Waals surface area contributed by atoms with Gasteiger partial charge >= 0.3 is 0 Å². The summed E-state index contributed by atoms with van der Waals surface area (Å²) in [7, 11) is 0. The summed E-state index contributed by atoms with van der Waals surface area (Å²) in [5.74, 6) is -0.242. The largest absolute Gasteiger partial charge is 0.345 e. The summed E-state index contributed by atoms with van der Waals surface area (Å²) in [6, 6.07) is 10.3. The molecule has 1 fully saturated rings. The number of piperazine rings is 1. The highest BCUT2D eigenvalue weighted by molar-refractivity contribution is 7.22. The van der Waals surface area contributed by atoms with Gasteiger partial charge in [-0.25, -0.2) is 4.98 Å². The number of rotatable bonds is 4. The number of anilines is 1. The van der Waals surface area contributed by atoms with E-state index in [2.05, 4.69) is 4.98 Å². The van der Waals surface area contributed by atoms with Crippen LogP contribution in [0.25, 0.3) is 10.2 Å². The molecule has 11 heteroatoms. The monoisotopic (exact) mass is 413 g/mol. The molecule has 1 saturated heterocycles. The molecular formula is C18H15N5O5S. The first-order valence-electron chi connectivity index (χ1n) is 8.76. The number of hydrogen-bond acceptors (Lipinski definition) is 8. The second-order valence-electron chi connectivity index (χ2n) is 6.49. The lowest BCUT2D eigenvalue weighted by Crippen LogP contribution is -2.48. The minimum atomic E-state index is -0.522. The number of nitrogens with zero attached hydrogens (tertiary/aromatic N) is 5. The van der Waals surface area contributed by atoms with Crippen LogP contribution in [0.5, 0.6) is 0 Å². The van der Waals surface area contributed by atoms with Gasteiger partial charge in [-0.15, -0.1) is 0 Å². The van der Waals surface area contributed by atoms with Crippen LogP contribution in [0.3, 0.4) is 0 Å². The Morgan fingerprint density at radius 1 is 0.966 bits per heavy atom. The maximum absolute atomic E-state index is 12.7. The van der Waals surface area contributed by atoms with Gasteiger partial charge in [-0.3, -0.25) is 25.0 Å². The van der Waals surface area contributed by atoms with Gasteiger partial charge in [0.2, 0.25) is 0 Å². The lowest BCUT2D eigenvalue weighted by molar-refractivity contribution is -0.385. The zero-order chi connectivity index (χ0) is 20.5. The number of thiazole rings is 1. The molecule has 1 amide bonds. The van der Waals surface area contributed by atoms with E-state index in [1.165, 1.54) is 41.7 Å². The number of carbonyl (C=O) groups excluding carboxylic acids is 1. The summed E-state index contributed by atoms with van der Waals surface area (Å²) in [6.07, 6.45) is 0. The first kappa shape index (κ1) is 18.7. The van der Waals surface area contributed by atoms with E-state index in [1.807, 2.05) is 4.90 Å². The number of amides is 1. The minimum absolute atomic E-state index is 0.0278. The Balaban J connectivity index is 1.46. The molecule has 0 radical (unpaired) electrons. The van der Waals surface area contributed by atoms with E-state index >= 15 is 0 Å². The SMILES string of the molecule is O=C(c1cccc([N+](=O)[O-])c1)N1CCN(c2nc3ccc([N+](=O)[O-])cc3s2)CC1. The third-order valence-corrected chi connectivity index (χ3v) is 5.79. The van der Waals surface area contributed by atoms with E-state index in [0.717, 1.165) is 9.83 Å². The molecule has 10 nitrogen and oxygen atoms in total. The van der Waals surface area contributed by atoms with Crippen molar-refractivity contribution < 1.29 is 14.6 Å². The fourth-order valence-electron chi connectivity index (χ4n) is 3.19. The topological polar surface area (TPSA) is 123 Å². The molecule has 3 aromatic rings. The van der Waals surface area contributed by atoms with E-state index in [-0.39, 0.29) is 17.3 Å². The van der Waals surface area contributed by atoms with Crippen molar-refractivity contribution in [2.75, 3.05) is 31.1 Å². The predicted molar refractivity (Wildman–Crippen MR) is 107 cm³/mol. The van der Waals surface area contributed by atoms with Crippen LogP contribution in [0.4, 0.5) is 16.5 Å². The maximum atomic E-state index is 12.7. The lowest BCUT2D eigenvalue weighted by atomic mass is 10.1. The third kappa shape index (κ3) is 3.72. The Labute approximate surface area is 168 Å².